The van der Waals surface area contributed by atoms with Crippen LogP contribution < -0.4 is 5.32 Å². The van der Waals surface area contributed by atoms with E-state index in [1.165, 1.54) is 12.8 Å². The van der Waals surface area contributed by atoms with E-state index in [0.29, 0.717) is 29.3 Å². The number of benzene rings is 1. The summed E-state index contributed by atoms with van der Waals surface area (Å²) >= 11 is 5.99. The Kier molecular flexibility index (Phi) is 6.20. The number of hydrogen-bond acceptors (Lipinski definition) is 5. The first kappa shape index (κ1) is 17.2. The van der Waals surface area contributed by atoms with Gasteiger partial charge in [0.2, 0.25) is 11.7 Å². The van der Waals surface area contributed by atoms with Crippen LogP contribution >= 0.6 is 24.0 Å². The van der Waals surface area contributed by atoms with Crippen molar-refractivity contribution in [2.24, 2.45) is 0 Å². The maximum Gasteiger partial charge on any atom is 0.241 e. The molecule has 1 aliphatic rings. The van der Waals surface area contributed by atoms with Gasteiger partial charge >= 0.3 is 0 Å². The highest BCUT2D eigenvalue weighted by molar-refractivity contribution is 6.30. The van der Waals surface area contributed by atoms with Crippen molar-refractivity contribution in [2.75, 3.05) is 20.1 Å². The molecule has 2 aromatic rings. The Hall–Kier alpha value is -1.14. The zero-order valence-electron chi connectivity index (χ0n) is 12.5. The second kappa shape index (κ2) is 7.92. The minimum absolute atomic E-state index is 0. The van der Waals surface area contributed by atoms with Crippen molar-refractivity contribution in [1.29, 1.82) is 0 Å². The predicted octanol–water partition coefficient (Wildman–Crippen LogP) is 3.00. The van der Waals surface area contributed by atoms with Gasteiger partial charge in [0, 0.05) is 23.2 Å². The van der Waals surface area contributed by atoms with Crippen molar-refractivity contribution in [3.63, 3.8) is 0 Å². The number of rotatable bonds is 5. The number of likely N-dealkylation sites (N-methyl/N-ethyl adjacent to an activating group) is 1. The average molecular weight is 343 g/mol. The van der Waals surface area contributed by atoms with Crippen LogP contribution in [0.3, 0.4) is 0 Å². The molecule has 7 heteroatoms. The third-order valence-corrected chi connectivity index (χ3v) is 4.06. The Labute approximate surface area is 141 Å². The van der Waals surface area contributed by atoms with Crippen molar-refractivity contribution < 1.29 is 4.52 Å². The highest BCUT2D eigenvalue weighted by Crippen LogP contribution is 2.22. The first-order valence-corrected chi connectivity index (χ1v) is 7.61. The summed E-state index contributed by atoms with van der Waals surface area (Å²) in [5.74, 6) is 1.25. The van der Waals surface area contributed by atoms with Gasteiger partial charge < -0.3 is 9.84 Å². The van der Waals surface area contributed by atoms with Crippen LogP contribution in [-0.4, -0.2) is 41.2 Å². The molecule has 22 heavy (non-hydrogen) atoms. The summed E-state index contributed by atoms with van der Waals surface area (Å²) in [6.07, 6.45) is 2.44. The molecule has 1 aromatic heterocycles. The monoisotopic (exact) mass is 342 g/mol. The lowest BCUT2D eigenvalue weighted by atomic mass is 10.2. The molecule has 1 N–H and O–H groups in total. The van der Waals surface area contributed by atoms with Crippen molar-refractivity contribution in [1.82, 2.24) is 20.4 Å². The van der Waals surface area contributed by atoms with Crippen LogP contribution in [0.15, 0.2) is 28.8 Å². The summed E-state index contributed by atoms with van der Waals surface area (Å²) < 4.78 is 5.38. The lowest BCUT2D eigenvalue weighted by Gasteiger charge is -2.22. The normalized spacial score (nSPS) is 18.4. The predicted molar refractivity (Wildman–Crippen MR) is 89.4 cm³/mol. The van der Waals surface area contributed by atoms with Crippen LogP contribution in [0.1, 0.15) is 18.7 Å². The van der Waals surface area contributed by atoms with Crippen molar-refractivity contribution in [3.05, 3.63) is 35.2 Å². The second-order valence-electron chi connectivity index (χ2n) is 5.35. The maximum absolute atomic E-state index is 5.99. The molecule has 1 saturated heterocycles. The van der Waals surface area contributed by atoms with E-state index in [2.05, 4.69) is 20.4 Å². The van der Waals surface area contributed by atoms with Gasteiger partial charge in [-0.15, -0.1) is 12.4 Å². The summed E-state index contributed by atoms with van der Waals surface area (Å²) in [5, 5.41) is 7.97. The quantitative estimate of drug-likeness (QED) is 0.905. The molecule has 1 unspecified atom stereocenters. The largest absolute Gasteiger partial charge is 0.338 e. The van der Waals surface area contributed by atoms with Gasteiger partial charge in [0.15, 0.2) is 0 Å². The summed E-state index contributed by atoms with van der Waals surface area (Å²) in [4.78, 5) is 6.88. The highest BCUT2D eigenvalue weighted by Gasteiger charge is 2.25. The first-order valence-electron chi connectivity index (χ1n) is 7.23. The molecule has 1 atom stereocenters. The van der Waals surface area contributed by atoms with Gasteiger partial charge in [0.05, 0.1) is 6.54 Å². The van der Waals surface area contributed by atoms with Crippen LogP contribution in [0.4, 0.5) is 0 Å². The summed E-state index contributed by atoms with van der Waals surface area (Å²) in [6, 6.07) is 8.04. The third kappa shape index (κ3) is 3.98. The van der Waals surface area contributed by atoms with E-state index in [-0.39, 0.29) is 12.4 Å². The number of nitrogens with zero attached hydrogens (tertiary/aromatic N) is 3. The molecule has 5 nitrogen and oxygen atoms in total. The van der Waals surface area contributed by atoms with Gasteiger partial charge in [0.1, 0.15) is 0 Å². The molecule has 1 fully saturated rings. The Morgan fingerprint density at radius 2 is 2.32 bits per heavy atom. The van der Waals surface area contributed by atoms with Gasteiger partial charge in [-0.05, 0) is 38.6 Å². The molecule has 0 aliphatic carbocycles. The number of hydrogen-bond donors (Lipinski definition) is 1. The molecular formula is C15H20Cl2N4O. The Morgan fingerprint density at radius 3 is 3.09 bits per heavy atom. The van der Waals surface area contributed by atoms with E-state index in [4.69, 9.17) is 16.1 Å². The molecule has 0 bridgehead atoms. The molecule has 0 saturated carbocycles. The molecule has 2 heterocycles. The van der Waals surface area contributed by atoms with Crippen LogP contribution in [0.25, 0.3) is 11.4 Å². The van der Waals surface area contributed by atoms with Crippen molar-refractivity contribution in [3.8, 4) is 11.4 Å². The van der Waals surface area contributed by atoms with Gasteiger partial charge in [-0.3, -0.25) is 4.90 Å². The van der Waals surface area contributed by atoms with E-state index in [9.17, 15) is 0 Å². The zero-order chi connectivity index (χ0) is 14.7. The van der Waals surface area contributed by atoms with Crippen molar-refractivity contribution >= 4 is 24.0 Å². The number of halogens is 2. The molecule has 1 aromatic carbocycles. The standard InChI is InChI=1S/C15H19ClN4O.ClH/c1-17-9-13-6-3-7-20(13)10-14-18-15(19-21-14)11-4-2-5-12(16)8-11;/h2,4-5,8,13,17H,3,6-7,9-10H2,1H3;1H. The summed E-state index contributed by atoms with van der Waals surface area (Å²) in [7, 11) is 1.99. The van der Waals surface area contributed by atoms with E-state index in [1.54, 1.807) is 0 Å². The van der Waals surface area contributed by atoms with E-state index in [1.807, 2.05) is 31.3 Å². The van der Waals surface area contributed by atoms with E-state index in [0.717, 1.165) is 18.7 Å². The van der Waals surface area contributed by atoms with Gasteiger partial charge in [0.25, 0.3) is 0 Å². The number of aromatic nitrogens is 2. The van der Waals surface area contributed by atoms with Crippen LogP contribution in [0.5, 0.6) is 0 Å². The average Bonchev–Trinajstić information content (AvgIpc) is 3.10. The fourth-order valence-corrected chi connectivity index (χ4v) is 3.00. The SMILES string of the molecule is CNCC1CCCN1Cc1nc(-c2cccc(Cl)c2)no1.Cl. The topological polar surface area (TPSA) is 54.2 Å². The number of nitrogens with one attached hydrogen (secondary N) is 1. The highest BCUT2D eigenvalue weighted by atomic mass is 35.5. The van der Waals surface area contributed by atoms with Crippen LogP contribution in [0.2, 0.25) is 5.02 Å². The molecule has 3 rings (SSSR count). The Bertz CT molecular complexity index is 605. The maximum atomic E-state index is 5.99. The molecule has 0 spiro atoms. The fraction of sp³-hybridized carbons (Fsp3) is 0.467. The lowest BCUT2D eigenvalue weighted by molar-refractivity contribution is 0.209. The Morgan fingerprint density at radius 1 is 1.45 bits per heavy atom. The zero-order valence-corrected chi connectivity index (χ0v) is 14.0. The van der Waals surface area contributed by atoms with Crippen LogP contribution in [0, 0.1) is 0 Å². The van der Waals surface area contributed by atoms with Crippen LogP contribution in [-0.2, 0) is 6.54 Å². The number of likely N-dealkylation sites (tertiary alicyclic amines) is 1. The first-order chi connectivity index (χ1) is 10.3. The van der Waals surface area contributed by atoms with E-state index < -0.39 is 0 Å². The van der Waals surface area contributed by atoms with Gasteiger partial charge in [-0.1, -0.05) is 28.9 Å². The minimum atomic E-state index is 0. The second-order valence-corrected chi connectivity index (χ2v) is 5.78. The molecule has 0 amide bonds. The lowest BCUT2D eigenvalue weighted by Crippen LogP contribution is -2.36. The molecule has 0 radical (unpaired) electrons. The fourth-order valence-electron chi connectivity index (χ4n) is 2.81. The Balaban J connectivity index is 0.00000176. The summed E-state index contributed by atoms with van der Waals surface area (Å²) in [5.41, 5.74) is 0.880. The summed E-state index contributed by atoms with van der Waals surface area (Å²) in [6.45, 7) is 2.79. The smallest absolute Gasteiger partial charge is 0.241 e. The minimum Gasteiger partial charge on any atom is -0.338 e. The van der Waals surface area contributed by atoms with Crippen molar-refractivity contribution in [2.45, 2.75) is 25.4 Å². The molecule has 1 aliphatic heterocycles. The van der Waals surface area contributed by atoms with Gasteiger partial charge in [-0.25, -0.2) is 0 Å². The third-order valence-electron chi connectivity index (χ3n) is 3.83. The van der Waals surface area contributed by atoms with E-state index >= 15 is 0 Å². The molecular weight excluding hydrogens is 323 g/mol. The molecule has 120 valence electrons. The van der Waals surface area contributed by atoms with Gasteiger partial charge in [-0.2, -0.15) is 4.98 Å².